The lowest BCUT2D eigenvalue weighted by atomic mass is 9.97. The van der Waals surface area contributed by atoms with Gasteiger partial charge in [0.15, 0.2) is 0 Å². The average Bonchev–Trinajstić information content (AvgIpc) is 3.43. The number of hydrogen-bond donors (Lipinski definition) is 1. The zero-order chi connectivity index (χ0) is 22.8. The summed E-state index contributed by atoms with van der Waals surface area (Å²) < 4.78 is 33.6. The third-order valence-corrected chi connectivity index (χ3v) is 6.40. The molecule has 0 radical (unpaired) electrons. The number of hydrogen-bond acceptors (Lipinski definition) is 6. The number of aliphatic hydroxyl groups is 1. The minimum absolute atomic E-state index is 0.196. The second-order valence-corrected chi connectivity index (χ2v) is 8.43. The van der Waals surface area contributed by atoms with Gasteiger partial charge in [-0.3, -0.25) is 9.48 Å². The lowest BCUT2D eigenvalue weighted by Gasteiger charge is -2.23. The van der Waals surface area contributed by atoms with E-state index >= 15 is 0 Å². The van der Waals surface area contributed by atoms with Gasteiger partial charge in [-0.05, 0) is 13.0 Å². The molecule has 1 atom stereocenters. The van der Waals surface area contributed by atoms with Crippen LogP contribution >= 0.6 is 11.9 Å². The summed E-state index contributed by atoms with van der Waals surface area (Å²) >= 11 is 1.29. The Morgan fingerprint density at radius 2 is 2.09 bits per heavy atom. The van der Waals surface area contributed by atoms with E-state index in [-0.39, 0.29) is 12.5 Å². The van der Waals surface area contributed by atoms with Gasteiger partial charge < -0.3 is 14.7 Å². The van der Waals surface area contributed by atoms with Crippen LogP contribution in [0.15, 0.2) is 41.6 Å². The Kier molecular flexibility index (Phi) is 6.47. The fourth-order valence-corrected chi connectivity index (χ4v) is 4.60. The smallest absolute Gasteiger partial charge is 0.257 e. The SMILES string of the molecule is COc1ccccc1C(CO)C(=O)N1Cc2cn(Sc3cnn(CC(F)F)c3C)nc2C1. The summed E-state index contributed by atoms with van der Waals surface area (Å²) in [6, 6.07) is 7.16. The Hall–Kier alpha value is -2.92. The summed E-state index contributed by atoms with van der Waals surface area (Å²) in [5.74, 6) is -0.362. The number of carbonyl (C=O) groups excluding carboxylic acids is 1. The van der Waals surface area contributed by atoms with Gasteiger partial charge in [-0.25, -0.2) is 12.9 Å². The zero-order valence-corrected chi connectivity index (χ0v) is 18.4. The van der Waals surface area contributed by atoms with Crippen molar-refractivity contribution < 1.29 is 23.4 Å². The van der Waals surface area contributed by atoms with E-state index in [2.05, 4.69) is 10.2 Å². The summed E-state index contributed by atoms with van der Waals surface area (Å²) in [6.45, 7) is 1.67. The fraction of sp³-hybridized carbons (Fsp3) is 0.381. The van der Waals surface area contributed by atoms with Crippen LogP contribution in [0, 0.1) is 6.92 Å². The first-order chi connectivity index (χ1) is 15.4. The highest BCUT2D eigenvalue weighted by atomic mass is 32.2. The monoisotopic (exact) mass is 463 g/mol. The number of benzene rings is 1. The van der Waals surface area contributed by atoms with Gasteiger partial charge in [0.2, 0.25) is 5.91 Å². The molecule has 1 aliphatic heterocycles. The molecule has 0 saturated carbocycles. The van der Waals surface area contributed by atoms with Crippen molar-refractivity contribution in [2.75, 3.05) is 13.7 Å². The van der Waals surface area contributed by atoms with E-state index in [1.165, 1.54) is 23.7 Å². The van der Waals surface area contributed by atoms with Crippen LogP contribution in [0.3, 0.4) is 0 Å². The molecule has 32 heavy (non-hydrogen) atoms. The third kappa shape index (κ3) is 4.35. The summed E-state index contributed by atoms with van der Waals surface area (Å²) in [4.78, 5) is 15.5. The highest BCUT2D eigenvalue weighted by Gasteiger charge is 2.33. The second-order valence-electron chi connectivity index (χ2n) is 7.43. The van der Waals surface area contributed by atoms with E-state index in [1.54, 1.807) is 40.3 Å². The number of nitrogens with zero attached hydrogens (tertiary/aromatic N) is 5. The van der Waals surface area contributed by atoms with Crippen LogP contribution in [0.4, 0.5) is 8.78 Å². The minimum Gasteiger partial charge on any atom is -0.496 e. The zero-order valence-electron chi connectivity index (χ0n) is 17.6. The predicted octanol–water partition coefficient (Wildman–Crippen LogP) is 2.84. The topological polar surface area (TPSA) is 85.4 Å². The van der Waals surface area contributed by atoms with Crippen LogP contribution < -0.4 is 4.74 Å². The Morgan fingerprint density at radius 3 is 2.78 bits per heavy atom. The molecule has 0 saturated heterocycles. The van der Waals surface area contributed by atoms with Crippen LogP contribution in [-0.2, 0) is 24.4 Å². The summed E-state index contributed by atoms with van der Waals surface area (Å²) in [6.07, 6.45) is 0.903. The van der Waals surface area contributed by atoms with Crippen molar-refractivity contribution in [1.82, 2.24) is 23.9 Å². The van der Waals surface area contributed by atoms with Crippen molar-refractivity contribution in [2.24, 2.45) is 0 Å². The van der Waals surface area contributed by atoms with Crippen LogP contribution in [0.5, 0.6) is 5.75 Å². The van der Waals surface area contributed by atoms with Gasteiger partial charge >= 0.3 is 0 Å². The van der Waals surface area contributed by atoms with E-state index in [0.29, 0.717) is 30.1 Å². The maximum atomic E-state index is 13.1. The standard InChI is InChI=1S/C21H23F2N5O3S/c1-13-19(7-24-27(13)11-20(22)23)32-28-9-14-8-26(10-17(14)25-28)21(30)16(12-29)15-5-3-4-6-18(15)31-2/h3-7,9,16,20,29H,8,10-12H2,1-2H3. The molecule has 0 spiro atoms. The Morgan fingerprint density at radius 1 is 1.31 bits per heavy atom. The lowest BCUT2D eigenvalue weighted by molar-refractivity contribution is -0.134. The van der Waals surface area contributed by atoms with Gasteiger partial charge in [-0.1, -0.05) is 18.2 Å². The third-order valence-electron chi connectivity index (χ3n) is 5.43. The van der Waals surface area contributed by atoms with Crippen molar-refractivity contribution in [3.63, 3.8) is 0 Å². The first-order valence-corrected chi connectivity index (χ1v) is 10.8. The van der Waals surface area contributed by atoms with Crippen LogP contribution in [-0.4, -0.2) is 55.0 Å². The van der Waals surface area contributed by atoms with Crippen molar-refractivity contribution in [3.8, 4) is 5.75 Å². The number of ether oxygens (including phenoxy) is 1. The van der Waals surface area contributed by atoms with E-state index in [1.807, 2.05) is 12.3 Å². The lowest BCUT2D eigenvalue weighted by Crippen LogP contribution is -2.33. The molecule has 8 nitrogen and oxygen atoms in total. The number of halogens is 2. The predicted molar refractivity (Wildman–Crippen MR) is 114 cm³/mol. The molecule has 2 aromatic heterocycles. The van der Waals surface area contributed by atoms with Gasteiger partial charge in [-0.15, -0.1) is 0 Å². The summed E-state index contributed by atoms with van der Waals surface area (Å²) in [7, 11) is 1.53. The molecule has 170 valence electrons. The molecular weight excluding hydrogens is 440 g/mol. The molecule has 1 amide bonds. The maximum Gasteiger partial charge on any atom is 0.257 e. The number of methoxy groups -OCH3 is 1. The average molecular weight is 464 g/mol. The number of para-hydroxylation sites is 1. The van der Waals surface area contributed by atoms with Crippen molar-refractivity contribution in [2.45, 2.75) is 43.8 Å². The molecule has 1 N–H and O–H groups in total. The Balaban J connectivity index is 1.45. The van der Waals surface area contributed by atoms with E-state index in [0.717, 1.165) is 16.2 Å². The van der Waals surface area contributed by atoms with Crippen molar-refractivity contribution >= 4 is 17.9 Å². The number of carbonyl (C=O) groups is 1. The van der Waals surface area contributed by atoms with Gasteiger partial charge in [0, 0.05) is 35.8 Å². The molecule has 1 aromatic carbocycles. The van der Waals surface area contributed by atoms with Crippen molar-refractivity contribution in [3.05, 3.63) is 59.2 Å². The van der Waals surface area contributed by atoms with Crippen LogP contribution in [0.2, 0.25) is 0 Å². The Labute approximate surface area is 187 Å². The number of fused-ring (bicyclic) bond motifs is 1. The second kappa shape index (κ2) is 9.29. The van der Waals surface area contributed by atoms with E-state index in [9.17, 15) is 18.7 Å². The van der Waals surface area contributed by atoms with E-state index in [4.69, 9.17) is 4.74 Å². The number of aromatic nitrogens is 4. The molecule has 0 fully saturated rings. The minimum atomic E-state index is -2.47. The van der Waals surface area contributed by atoms with Crippen LogP contribution in [0.25, 0.3) is 0 Å². The first-order valence-electron chi connectivity index (χ1n) is 10.00. The van der Waals surface area contributed by atoms with Gasteiger partial charge in [0.25, 0.3) is 6.43 Å². The molecule has 1 aliphatic rings. The number of rotatable bonds is 8. The van der Waals surface area contributed by atoms with Gasteiger partial charge in [0.05, 0.1) is 48.7 Å². The molecule has 1 unspecified atom stereocenters. The van der Waals surface area contributed by atoms with E-state index < -0.39 is 18.9 Å². The molecular formula is C21H23F2N5O3S. The summed E-state index contributed by atoms with van der Waals surface area (Å²) in [5, 5.41) is 18.5. The largest absolute Gasteiger partial charge is 0.496 e. The highest BCUT2D eigenvalue weighted by molar-refractivity contribution is 7.97. The highest BCUT2D eigenvalue weighted by Crippen LogP contribution is 2.32. The number of aliphatic hydroxyl groups excluding tert-OH is 1. The molecule has 3 aromatic rings. The first kappa shape index (κ1) is 22.3. The number of amides is 1. The van der Waals surface area contributed by atoms with Crippen molar-refractivity contribution in [1.29, 1.82) is 0 Å². The Bertz CT molecular complexity index is 1090. The molecule has 3 heterocycles. The quantitative estimate of drug-likeness (QED) is 0.553. The normalized spacial score (nSPS) is 14.1. The molecule has 0 aliphatic carbocycles. The van der Waals surface area contributed by atoms with Gasteiger partial charge in [0.1, 0.15) is 12.3 Å². The molecule has 4 rings (SSSR count). The summed E-state index contributed by atoms with van der Waals surface area (Å²) in [5.41, 5.74) is 2.95. The molecule has 0 bridgehead atoms. The molecule has 11 heteroatoms. The fourth-order valence-electron chi connectivity index (χ4n) is 3.75. The van der Waals surface area contributed by atoms with Gasteiger partial charge in [-0.2, -0.15) is 10.2 Å². The van der Waals surface area contributed by atoms with Crippen LogP contribution in [0.1, 0.15) is 28.4 Å². The number of alkyl halides is 2. The maximum absolute atomic E-state index is 13.1.